The summed E-state index contributed by atoms with van der Waals surface area (Å²) >= 11 is 7.52. The lowest BCUT2D eigenvalue weighted by atomic mass is 10.2. The van der Waals surface area contributed by atoms with E-state index in [1.807, 2.05) is 11.8 Å². The standard InChI is InChI=1S/C17H25N3OS2/c1-13-11-20(12-14(2)21-13)16-5-3-15(4-6-16)18-17(22)19-7-9-23-10-8-19/h3-6,13-14H,7-12H2,1-2H3,(H,18,22)/t13-,14-/m0/s1. The van der Waals surface area contributed by atoms with Crippen molar-refractivity contribution in [3.63, 3.8) is 0 Å². The Morgan fingerprint density at radius 1 is 1.13 bits per heavy atom. The van der Waals surface area contributed by atoms with E-state index < -0.39 is 0 Å². The van der Waals surface area contributed by atoms with Crippen molar-refractivity contribution in [3.8, 4) is 0 Å². The molecule has 0 spiro atoms. The average Bonchev–Trinajstić information content (AvgIpc) is 2.55. The fourth-order valence-corrected chi connectivity index (χ4v) is 4.32. The summed E-state index contributed by atoms with van der Waals surface area (Å²) in [4.78, 5) is 4.65. The maximum Gasteiger partial charge on any atom is 0.173 e. The fraction of sp³-hybridized carbons (Fsp3) is 0.588. The van der Waals surface area contributed by atoms with Gasteiger partial charge in [0.2, 0.25) is 0 Å². The van der Waals surface area contributed by atoms with E-state index in [-0.39, 0.29) is 12.2 Å². The molecular formula is C17H25N3OS2. The SMILES string of the molecule is C[C@H]1CN(c2ccc(NC(=S)N3CCSCC3)cc2)C[C@H](C)O1. The number of nitrogens with one attached hydrogen (secondary N) is 1. The van der Waals surface area contributed by atoms with Gasteiger partial charge in [0.05, 0.1) is 12.2 Å². The van der Waals surface area contributed by atoms with Gasteiger partial charge in [0.25, 0.3) is 0 Å². The van der Waals surface area contributed by atoms with Crippen molar-refractivity contribution >= 4 is 40.5 Å². The first-order valence-electron chi connectivity index (χ1n) is 8.26. The number of thiocarbonyl (C=S) groups is 1. The Hall–Kier alpha value is -0.980. The zero-order valence-electron chi connectivity index (χ0n) is 13.8. The van der Waals surface area contributed by atoms with Gasteiger partial charge in [0.15, 0.2) is 5.11 Å². The third-order valence-electron chi connectivity index (χ3n) is 4.20. The summed E-state index contributed by atoms with van der Waals surface area (Å²) in [5.41, 5.74) is 2.31. The monoisotopic (exact) mass is 351 g/mol. The van der Waals surface area contributed by atoms with Crippen LogP contribution in [0.5, 0.6) is 0 Å². The van der Waals surface area contributed by atoms with Crippen LogP contribution in [0.1, 0.15) is 13.8 Å². The van der Waals surface area contributed by atoms with E-state index in [0.717, 1.165) is 48.5 Å². The van der Waals surface area contributed by atoms with Crippen LogP contribution in [0.3, 0.4) is 0 Å². The van der Waals surface area contributed by atoms with Gasteiger partial charge < -0.3 is 19.9 Å². The number of hydrogen-bond acceptors (Lipinski definition) is 4. The molecule has 0 unspecified atom stereocenters. The molecule has 2 aliphatic heterocycles. The van der Waals surface area contributed by atoms with Gasteiger partial charge in [-0.25, -0.2) is 0 Å². The number of morpholine rings is 1. The Kier molecular flexibility index (Phi) is 5.67. The minimum atomic E-state index is 0.279. The Balaban J connectivity index is 1.59. The van der Waals surface area contributed by atoms with Gasteiger partial charge >= 0.3 is 0 Å². The fourth-order valence-electron chi connectivity index (χ4n) is 3.11. The first-order valence-corrected chi connectivity index (χ1v) is 9.82. The summed E-state index contributed by atoms with van der Waals surface area (Å²) in [7, 11) is 0. The molecule has 0 radical (unpaired) electrons. The number of rotatable bonds is 2. The molecule has 1 N–H and O–H groups in total. The number of hydrogen-bond donors (Lipinski definition) is 1. The maximum atomic E-state index is 5.80. The van der Waals surface area contributed by atoms with Crippen LogP contribution in [0.4, 0.5) is 11.4 Å². The van der Waals surface area contributed by atoms with Crippen molar-refractivity contribution in [2.24, 2.45) is 0 Å². The molecular weight excluding hydrogens is 326 g/mol. The van der Waals surface area contributed by atoms with E-state index in [1.165, 1.54) is 5.69 Å². The van der Waals surface area contributed by atoms with Gasteiger partial charge in [-0.05, 0) is 50.3 Å². The van der Waals surface area contributed by atoms with Gasteiger partial charge in [-0.2, -0.15) is 11.8 Å². The highest BCUT2D eigenvalue weighted by Crippen LogP contribution is 2.22. The zero-order valence-corrected chi connectivity index (χ0v) is 15.5. The molecule has 6 heteroatoms. The van der Waals surface area contributed by atoms with E-state index in [0.29, 0.717) is 0 Å². The Morgan fingerprint density at radius 3 is 2.35 bits per heavy atom. The van der Waals surface area contributed by atoms with Gasteiger partial charge in [0.1, 0.15) is 0 Å². The molecule has 0 saturated carbocycles. The lowest BCUT2D eigenvalue weighted by molar-refractivity contribution is -0.00521. The van der Waals surface area contributed by atoms with Crippen LogP contribution in [-0.2, 0) is 4.74 Å². The molecule has 3 rings (SSSR count). The molecule has 1 aromatic carbocycles. The van der Waals surface area contributed by atoms with E-state index in [2.05, 4.69) is 53.2 Å². The molecule has 2 atom stereocenters. The largest absolute Gasteiger partial charge is 0.372 e. The molecule has 0 bridgehead atoms. The van der Waals surface area contributed by atoms with Crippen molar-refractivity contribution in [1.82, 2.24) is 4.90 Å². The van der Waals surface area contributed by atoms with Gasteiger partial charge in [-0.3, -0.25) is 0 Å². The second-order valence-electron chi connectivity index (χ2n) is 6.24. The van der Waals surface area contributed by atoms with E-state index >= 15 is 0 Å². The van der Waals surface area contributed by atoms with Gasteiger partial charge in [-0.1, -0.05) is 0 Å². The quantitative estimate of drug-likeness (QED) is 0.824. The highest BCUT2D eigenvalue weighted by molar-refractivity contribution is 7.99. The summed E-state index contributed by atoms with van der Waals surface area (Å²) in [6, 6.07) is 8.57. The minimum absolute atomic E-state index is 0.279. The Bertz CT molecular complexity index is 521. The zero-order chi connectivity index (χ0) is 16.2. The normalized spacial score (nSPS) is 25.3. The van der Waals surface area contributed by atoms with Crippen LogP contribution in [-0.4, -0.2) is 59.9 Å². The molecule has 126 valence electrons. The molecule has 0 aliphatic carbocycles. The topological polar surface area (TPSA) is 27.7 Å². The van der Waals surface area contributed by atoms with Crippen LogP contribution in [0, 0.1) is 0 Å². The number of thioether (sulfide) groups is 1. The molecule has 0 aromatic heterocycles. The highest BCUT2D eigenvalue weighted by atomic mass is 32.2. The minimum Gasteiger partial charge on any atom is -0.372 e. The van der Waals surface area contributed by atoms with E-state index in [1.54, 1.807) is 0 Å². The number of nitrogens with zero attached hydrogens (tertiary/aromatic N) is 2. The molecule has 2 fully saturated rings. The van der Waals surface area contributed by atoms with Gasteiger partial charge in [0, 0.05) is 49.1 Å². The van der Waals surface area contributed by atoms with Crippen molar-refractivity contribution in [2.75, 3.05) is 47.9 Å². The van der Waals surface area contributed by atoms with E-state index in [4.69, 9.17) is 17.0 Å². The first-order chi connectivity index (χ1) is 11.1. The summed E-state index contributed by atoms with van der Waals surface area (Å²) < 4.78 is 5.80. The van der Waals surface area contributed by atoms with Crippen LogP contribution in [0.2, 0.25) is 0 Å². The molecule has 1 aromatic rings. The molecule has 2 saturated heterocycles. The summed E-state index contributed by atoms with van der Waals surface area (Å²) in [6.45, 7) is 8.24. The Morgan fingerprint density at radius 2 is 1.74 bits per heavy atom. The maximum absolute atomic E-state index is 5.80. The van der Waals surface area contributed by atoms with Crippen LogP contribution >= 0.6 is 24.0 Å². The molecule has 0 amide bonds. The lowest BCUT2D eigenvalue weighted by Crippen LogP contribution is -2.45. The number of benzene rings is 1. The predicted molar refractivity (Wildman–Crippen MR) is 104 cm³/mol. The van der Waals surface area contributed by atoms with Crippen molar-refractivity contribution in [2.45, 2.75) is 26.1 Å². The van der Waals surface area contributed by atoms with Crippen LogP contribution < -0.4 is 10.2 Å². The first kappa shape index (κ1) is 16.9. The second-order valence-corrected chi connectivity index (χ2v) is 7.85. The third-order valence-corrected chi connectivity index (χ3v) is 5.50. The highest BCUT2D eigenvalue weighted by Gasteiger charge is 2.22. The molecule has 2 heterocycles. The molecule has 2 aliphatic rings. The van der Waals surface area contributed by atoms with Crippen molar-refractivity contribution in [3.05, 3.63) is 24.3 Å². The molecule has 23 heavy (non-hydrogen) atoms. The van der Waals surface area contributed by atoms with Crippen LogP contribution in [0.15, 0.2) is 24.3 Å². The van der Waals surface area contributed by atoms with E-state index in [9.17, 15) is 0 Å². The number of ether oxygens (including phenoxy) is 1. The summed E-state index contributed by atoms with van der Waals surface area (Å²) in [6.07, 6.45) is 0.558. The lowest BCUT2D eigenvalue weighted by Gasteiger charge is -2.37. The van der Waals surface area contributed by atoms with Gasteiger partial charge in [-0.15, -0.1) is 0 Å². The predicted octanol–water partition coefficient (Wildman–Crippen LogP) is 3.05. The smallest absolute Gasteiger partial charge is 0.173 e. The third kappa shape index (κ3) is 4.52. The van der Waals surface area contributed by atoms with Crippen molar-refractivity contribution < 1.29 is 4.74 Å². The number of anilines is 2. The second kappa shape index (κ2) is 7.73. The summed E-state index contributed by atoms with van der Waals surface area (Å²) in [5, 5.41) is 4.20. The average molecular weight is 352 g/mol. The van der Waals surface area contributed by atoms with Crippen LogP contribution in [0.25, 0.3) is 0 Å². The van der Waals surface area contributed by atoms with Crippen molar-refractivity contribution in [1.29, 1.82) is 0 Å². The summed E-state index contributed by atoms with van der Waals surface area (Å²) in [5.74, 6) is 2.32. The Labute approximate surface area is 148 Å². The molecule has 4 nitrogen and oxygen atoms in total.